The van der Waals surface area contributed by atoms with Crippen LogP contribution in [0.3, 0.4) is 0 Å². The quantitative estimate of drug-likeness (QED) is 0.253. The maximum atomic E-state index is 13.6. The molecule has 2 aliphatic rings. The maximum Gasteiger partial charge on any atom is 0.271 e. The number of fused-ring (bicyclic) bond motifs is 1. The van der Waals surface area contributed by atoms with Crippen LogP contribution >= 0.6 is 34.8 Å². The van der Waals surface area contributed by atoms with Crippen molar-refractivity contribution in [2.24, 2.45) is 5.92 Å². The van der Waals surface area contributed by atoms with Gasteiger partial charge in [0.25, 0.3) is 11.6 Å². The number of rotatable bonds is 4. The standard InChI is InChI=1S/C23H14Cl3N3O5/c24-16-7-2-1-6-15(16)20-19-21(34-28(20)13-4-3-5-14(10-13)29(32)33)23(31)27(22(19)30)12-8-9-17(25)18(26)11-12/h1-11,19-21H. The Kier molecular flexibility index (Phi) is 5.69. The van der Waals surface area contributed by atoms with E-state index in [-0.39, 0.29) is 21.4 Å². The second-order valence-electron chi connectivity index (χ2n) is 7.73. The summed E-state index contributed by atoms with van der Waals surface area (Å²) in [5.41, 5.74) is 0.962. The van der Waals surface area contributed by atoms with E-state index in [9.17, 15) is 19.7 Å². The minimum absolute atomic E-state index is 0.161. The molecule has 0 N–H and O–H groups in total. The Hall–Kier alpha value is -3.17. The van der Waals surface area contributed by atoms with Gasteiger partial charge in [0.15, 0.2) is 6.10 Å². The van der Waals surface area contributed by atoms with E-state index in [0.29, 0.717) is 16.3 Å². The van der Waals surface area contributed by atoms with Gasteiger partial charge in [-0.05, 0) is 35.9 Å². The average molecular weight is 519 g/mol. The molecule has 8 nitrogen and oxygen atoms in total. The van der Waals surface area contributed by atoms with Gasteiger partial charge in [0.1, 0.15) is 5.92 Å². The molecule has 3 atom stereocenters. The first kappa shape index (κ1) is 22.6. The van der Waals surface area contributed by atoms with Crippen LogP contribution < -0.4 is 9.96 Å². The van der Waals surface area contributed by atoms with Crippen LogP contribution in [0.1, 0.15) is 11.6 Å². The molecule has 0 aliphatic carbocycles. The number of halogens is 3. The fraction of sp³-hybridized carbons (Fsp3) is 0.130. The lowest BCUT2D eigenvalue weighted by Crippen LogP contribution is -2.37. The van der Waals surface area contributed by atoms with Gasteiger partial charge in [-0.1, -0.05) is 59.1 Å². The van der Waals surface area contributed by atoms with Crippen LogP contribution in [-0.4, -0.2) is 22.8 Å². The van der Waals surface area contributed by atoms with Gasteiger partial charge in [0.2, 0.25) is 5.91 Å². The Morgan fingerprint density at radius 1 is 0.824 bits per heavy atom. The van der Waals surface area contributed by atoms with Crippen LogP contribution in [0.4, 0.5) is 17.1 Å². The number of hydroxylamine groups is 1. The number of benzene rings is 3. The van der Waals surface area contributed by atoms with E-state index in [1.165, 1.54) is 41.5 Å². The molecule has 2 heterocycles. The maximum absolute atomic E-state index is 13.6. The molecule has 0 spiro atoms. The van der Waals surface area contributed by atoms with E-state index in [4.69, 9.17) is 39.6 Å². The van der Waals surface area contributed by atoms with Gasteiger partial charge >= 0.3 is 0 Å². The monoisotopic (exact) mass is 517 g/mol. The number of anilines is 2. The van der Waals surface area contributed by atoms with Crippen molar-refractivity contribution in [1.82, 2.24) is 0 Å². The number of nitrogens with zero attached hydrogens (tertiary/aromatic N) is 3. The lowest BCUT2D eigenvalue weighted by Gasteiger charge is -2.29. The predicted octanol–water partition coefficient (Wildman–Crippen LogP) is 5.61. The average Bonchev–Trinajstić information content (AvgIpc) is 3.32. The highest BCUT2D eigenvalue weighted by Gasteiger charge is 2.60. The molecule has 2 saturated heterocycles. The van der Waals surface area contributed by atoms with Crippen LogP contribution in [0.15, 0.2) is 66.7 Å². The van der Waals surface area contributed by atoms with Crippen molar-refractivity contribution in [3.63, 3.8) is 0 Å². The summed E-state index contributed by atoms with van der Waals surface area (Å²) in [6.07, 6.45) is -1.16. The fourth-order valence-electron chi connectivity index (χ4n) is 4.29. The zero-order chi connectivity index (χ0) is 24.1. The van der Waals surface area contributed by atoms with Crippen molar-refractivity contribution in [3.05, 3.63) is 97.5 Å². The molecule has 2 aliphatic heterocycles. The first-order chi connectivity index (χ1) is 16.3. The number of amides is 2. The number of hydrogen-bond acceptors (Lipinski definition) is 6. The zero-order valence-electron chi connectivity index (χ0n) is 17.1. The number of nitro benzene ring substituents is 1. The Morgan fingerprint density at radius 3 is 2.29 bits per heavy atom. The third-order valence-corrected chi connectivity index (χ3v) is 6.88. The van der Waals surface area contributed by atoms with Crippen LogP contribution in [0.2, 0.25) is 15.1 Å². The van der Waals surface area contributed by atoms with Crippen molar-refractivity contribution in [1.29, 1.82) is 0 Å². The molecule has 0 aromatic heterocycles. The molecule has 5 rings (SSSR count). The van der Waals surface area contributed by atoms with Crippen molar-refractivity contribution < 1.29 is 19.3 Å². The second kappa shape index (κ2) is 8.56. The summed E-state index contributed by atoms with van der Waals surface area (Å²) in [6, 6.07) is 16.3. The number of imide groups is 1. The Morgan fingerprint density at radius 2 is 1.59 bits per heavy atom. The summed E-state index contributed by atoms with van der Waals surface area (Å²) in [5.74, 6) is -2.05. The molecule has 172 valence electrons. The van der Waals surface area contributed by atoms with E-state index >= 15 is 0 Å². The largest absolute Gasteiger partial charge is 0.273 e. The molecule has 0 bridgehead atoms. The van der Waals surface area contributed by atoms with Gasteiger partial charge in [0.05, 0.1) is 32.4 Å². The summed E-state index contributed by atoms with van der Waals surface area (Å²) >= 11 is 18.6. The van der Waals surface area contributed by atoms with Gasteiger partial charge in [0, 0.05) is 17.2 Å². The lowest BCUT2D eigenvalue weighted by molar-refractivity contribution is -0.384. The van der Waals surface area contributed by atoms with E-state index < -0.39 is 34.8 Å². The fourth-order valence-corrected chi connectivity index (χ4v) is 4.83. The molecular formula is C23H14Cl3N3O5. The van der Waals surface area contributed by atoms with Gasteiger partial charge in [-0.3, -0.25) is 24.5 Å². The molecule has 34 heavy (non-hydrogen) atoms. The minimum Gasteiger partial charge on any atom is -0.273 e. The topological polar surface area (TPSA) is 93.0 Å². The van der Waals surface area contributed by atoms with Gasteiger partial charge < -0.3 is 0 Å². The summed E-state index contributed by atoms with van der Waals surface area (Å²) in [5, 5.41) is 13.5. The minimum atomic E-state index is -1.16. The summed E-state index contributed by atoms with van der Waals surface area (Å²) in [7, 11) is 0. The highest BCUT2D eigenvalue weighted by molar-refractivity contribution is 6.42. The van der Waals surface area contributed by atoms with Crippen molar-refractivity contribution in [2.75, 3.05) is 9.96 Å². The summed E-state index contributed by atoms with van der Waals surface area (Å²) in [6.45, 7) is 0. The third kappa shape index (κ3) is 3.59. The van der Waals surface area contributed by atoms with Crippen molar-refractivity contribution in [3.8, 4) is 0 Å². The van der Waals surface area contributed by atoms with Crippen molar-refractivity contribution >= 4 is 63.7 Å². The number of carbonyl (C=O) groups is 2. The zero-order valence-corrected chi connectivity index (χ0v) is 19.4. The first-order valence-electron chi connectivity index (χ1n) is 10.1. The molecule has 11 heteroatoms. The highest BCUT2D eigenvalue weighted by Crippen LogP contribution is 2.49. The molecule has 3 aromatic rings. The Bertz CT molecular complexity index is 1350. The molecule has 3 unspecified atom stereocenters. The van der Waals surface area contributed by atoms with Crippen LogP contribution in [0, 0.1) is 16.0 Å². The summed E-state index contributed by atoms with van der Waals surface area (Å²) in [4.78, 5) is 44.8. The summed E-state index contributed by atoms with van der Waals surface area (Å²) < 4.78 is 0. The van der Waals surface area contributed by atoms with Crippen LogP contribution in [-0.2, 0) is 14.4 Å². The highest BCUT2D eigenvalue weighted by atomic mass is 35.5. The van der Waals surface area contributed by atoms with E-state index in [1.54, 1.807) is 30.3 Å². The number of non-ortho nitro benzene ring substituents is 1. The second-order valence-corrected chi connectivity index (χ2v) is 8.95. The van der Waals surface area contributed by atoms with E-state index in [0.717, 1.165) is 4.90 Å². The molecule has 3 aromatic carbocycles. The smallest absolute Gasteiger partial charge is 0.271 e. The SMILES string of the molecule is O=C1C2ON(c3cccc([N+](=O)[O-])c3)C(c3ccccc3Cl)C2C(=O)N1c1ccc(Cl)c(Cl)c1. The molecule has 2 fully saturated rings. The van der Waals surface area contributed by atoms with E-state index in [2.05, 4.69) is 0 Å². The van der Waals surface area contributed by atoms with Gasteiger partial charge in [-0.15, -0.1) is 0 Å². The molecular weight excluding hydrogens is 505 g/mol. The number of carbonyl (C=O) groups excluding carboxylic acids is 2. The third-order valence-electron chi connectivity index (χ3n) is 5.80. The molecule has 2 amide bonds. The number of hydrogen-bond donors (Lipinski definition) is 0. The molecule has 0 radical (unpaired) electrons. The Labute approximate surface area is 208 Å². The van der Waals surface area contributed by atoms with Gasteiger partial charge in [-0.25, -0.2) is 9.96 Å². The van der Waals surface area contributed by atoms with Crippen LogP contribution in [0.5, 0.6) is 0 Å². The lowest BCUT2D eigenvalue weighted by atomic mass is 9.90. The Balaban J connectivity index is 1.61. The predicted molar refractivity (Wildman–Crippen MR) is 127 cm³/mol. The number of nitro groups is 1. The van der Waals surface area contributed by atoms with Crippen molar-refractivity contribution in [2.45, 2.75) is 12.1 Å². The first-order valence-corrected chi connectivity index (χ1v) is 11.2. The molecule has 0 saturated carbocycles. The normalized spacial score (nSPS) is 21.8. The van der Waals surface area contributed by atoms with Gasteiger partial charge in [-0.2, -0.15) is 0 Å². The van der Waals surface area contributed by atoms with Crippen LogP contribution in [0.25, 0.3) is 0 Å². The van der Waals surface area contributed by atoms with E-state index in [1.807, 2.05) is 0 Å².